The van der Waals surface area contributed by atoms with Crippen molar-refractivity contribution < 1.29 is 4.79 Å². The van der Waals surface area contributed by atoms with Gasteiger partial charge in [-0.25, -0.2) is 0 Å². The predicted molar refractivity (Wildman–Crippen MR) is 84.2 cm³/mol. The fourth-order valence-electron chi connectivity index (χ4n) is 3.43. The van der Waals surface area contributed by atoms with Crippen LogP contribution in [0.5, 0.6) is 0 Å². The lowest BCUT2D eigenvalue weighted by atomic mass is 9.88. The van der Waals surface area contributed by atoms with Gasteiger partial charge in [0.25, 0.3) is 0 Å². The lowest BCUT2D eigenvalue weighted by Crippen LogP contribution is -2.14. The van der Waals surface area contributed by atoms with Crippen LogP contribution in [-0.4, -0.2) is 5.78 Å². The van der Waals surface area contributed by atoms with E-state index in [1.54, 1.807) is 0 Å². The third-order valence-corrected chi connectivity index (χ3v) is 4.63. The minimum atomic E-state index is 0.239. The molecule has 1 fully saturated rings. The summed E-state index contributed by atoms with van der Waals surface area (Å²) < 4.78 is 0. The molecule has 0 aromatic heterocycles. The molecule has 104 valence electrons. The first-order chi connectivity index (χ1) is 9.77. The summed E-state index contributed by atoms with van der Waals surface area (Å²) in [7, 11) is 0. The van der Waals surface area contributed by atoms with Crippen molar-refractivity contribution in [3.05, 3.63) is 47.5 Å². The predicted octanol–water partition coefficient (Wildman–Crippen LogP) is 5.30. The zero-order valence-electron chi connectivity index (χ0n) is 12.2. The Bertz CT molecular complexity index is 619. The second kappa shape index (κ2) is 5.78. The SMILES string of the molecule is Cc1ccc(C(=O)C2CCCCCC2)c2ccccc12. The summed E-state index contributed by atoms with van der Waals surface area (Å²) >= 11 is 0. The molecule has 20 heavy (non-hydrogen) atoms. The van der Waals surface area contributed by atoms with Gasteiger partial charge in [0.1, 0.15) is 0 Å². The molecule has 1 nitrogen and oxygen atoms in total. The van der Waals surface area contributed by atoms with Crippen molar-refractivity contribution in [1.29, 1.82) is 0 Å². The van der Waals surface area contributed by atoms with Crippen molar-refractivity contribution in [2.75, 3.05) is 0 Å². The van der Waals surface area contributed by atoms with Gasteiger partial charge in [0.15, 0.2) is 5.78 Å². The molecule has 0 aliphatic heterocycles. The monoisotopic (exact) mass is 266 g/mol. The molecule has 2 aromatic carbocycles. The number of carbonyl (C=O) groups is 1. The van der Waals surface area contributed by atoms with Gasteiger partial charge in [0, 0.05) is 11.5 Å². The van der Waals surface area contributed by atoms with Crippen molar-refractivity contribution >= 4 is 16.6 Å². The first-order valence-corrected chi connectivity index (χ1v) is 7.80. The fourth-order valence-corrected chi connectivity index (χ4v) is 3.43. The fraction of sp³-hybridized carbons (Fsp3) is 0.421. The first kappa shape index (κ1) is 13.4. The van der Waals surface area contributed by atoms with Gasteiger partial charge in [-0.05, 0) is 36.1 Å². The van der Waals surface area contributed by atoms with Crippen LogP contribution in [0.25, 0.3) is 10.8 Å². The molecule has 1 aliphatic rings. The Morgan fingerprint density at radius 1 is 0.900 bits per heavy atom. The van der Waals surface area contributed by atoms with Gasteiger partial charge in [-0.15, -0.1) is 0 Å². The Morgan fingerprint density at radius 2 is 1.55 bits per heavy atom. The summed E-state index contributed by atoms with van der Waals surface area (Å²) in [5, 5.41) is 2.34. The van der Waals surface area contributed by atoms with Gasteiger partial charge < -0.3 is 0 Å². The summed E-state index contributed by atoms with van der Waals surface area (Å²) in [5.74, 6) is 0.603. The van der Waals surface area contributed by atoms with Gasteiger partial charge in [-0.2, -0.15) is 0 Å². The van der Waals surface area contributed by atoms with Crippen LogP contribution in [0.3, 0.4) is 0 Å². The molecule has 3 rings (SSSR count). The minimum Gasteiger partial charge on any atom is -0.294 e. The van der Waals surface area contributed by atoms with Crippen LogP contribution in [0, 0.1) is 12.8 Å². The number of Topliss-reactive ketones (excluding diaryl/α,β-unsaturated/α-hetero) is 1. The number of ketones is 1. The van der Waals surface area contributed by atoms with Crippen molar-refractivity contribution in [3.63, 3.8) is 0 Å². The molecular formula is C19H22O. The van der Waals surface area contributed by atoms with Crippen LogP contribution < -0.4 is 0 Å². The Morgan fingerprint density at radius 3 is 2.25 bits per heavy atom. The van der Waals surface area contributed by atoms with E-state index in [1.165, 1.54) is 36.6 Å². The summed E-state index contributed by atoms with van der Waals surface area (Å²) in [6, 6.07) is 12.4. The normalized spacial score (nSPS) is 17.1. The molecule has 0 spiro atoms. The minimum absolute atomic E-state index is 0.239. The topological polar surface area (TPSA) is 17.1 Å². The van der Waals surface area contributed by atoms with Crippen LogP contribution in [0.15, 0.2) is 36.4 Å². The highest BCUT2D eigenvalue weighted by Crippen LogP contribution is 2.30. The van der Waals surface area contributed by atoms with Gasteiger partial charge in [-0.3, -0.25) is 4.79 Å². The van der Waals surface area contributed by atoms with Crippen LogP contribution >= 0.6 is 0 Å². The highest BCUT2D eigenvalue weighted by Gasteiger charge is 2.22. The van der Waals surface area contributed by atoms with E-state index >= 15 is 0 Å². The van der Waals surface area contributed by atoms with E-state index in [2.05, 4.69) is 31.2 Å². The first-order valence-electron chi connectivity index (χ1n) is 7.80. The molecular weight excluding hydrogens is 244 g/mol. The molecule has 0 bridgehead atoms. The second-order valence-corrected chi connectivity index (χ2v) is 6.03. The Hall–Kier alpha value is -1.63. The van der Waals surface area contributed by atoms with Crippen molar-refractivity contribution in [1.82, 2.24) is 0 Å². The molecule has 0 unspecified atom stereocenters. The molecule has 1 aliphatic carbocycles. The Kier molecular flexibility index (Phi) is 3.86. The number of hydrogen-bond acceptors (Lipinski definition) is 1. The summed E-state index contributed by atoms with van der Waals surface area (Å²) in [4.78, 5) is 12.9. The van der Waals surface area contributed by atoms with Crippen LogP contribution in [0.1, 0.15) is 54.4 Å². The zero-order valence-corrected chi connectivity index (χ0v) is 12.2. The second-order valence-electron chi connectivity index (χ2n) is 6.03. The van der Waals surface area contributed by atoms with E-state index in [-0.39, 0.29) is 5.92 Å². The number of rotatable bonds is 2. The zero-order chi connectivity index (χ0) is 13.9. The number of aryl methyl sites for hydroxylation is 1. The van der Waals surface area contributed by atoms with Gasteiger partial charge in [0.05, 0.1) is 0 Å². The van der Waals surface area contributed by atoms with Crippen molar-refractivity contribution in [2.24, 2.45) is 5.92 Å². The maximum Gasteiger partial charge on any atom is 0.166 e. The van der Waals surface area contributed by atoms with Gasteiger partial charge >= 0.3 is 0 Å². The third-order valence-electron chi connectivity index (χ3n) is 4.63. The highest BCUT2D eigenvalue weighted by atomic mass is 16.1. The number of fused-ring (bicyclic) bond motifs is 1. The van der Waals surface area contributed by atoms with Gasteiger partial charge in [-0.1, -0.05) is 62.1 Å². The van der Waals surface area contributed by atoms with Crippen LogP contribution in [-0.2, 0) is 0 Å². The average Bonchev–Trinajstić information content (AvgIpc) is 2.76. The highest BCUT2D eigenvalue weighted by molar-refractivity contribution is 6.09. The molecule has 0 atom stereocenters. The molecule has 0 saturated heterocycles. The molecule has 0 amide bonds. The summed E-state index contributed by atoms with van der Waals surface area (Å²) in [6.07, 6.45) is 7.14. The third kappa shape index (κ3) is 2.49. The number of hydrogen-bond donors (Lipinski definition) is 0. The Labute approximate surface area is 121 Å². The molecule has 1 saturated carbocycles. The summed E-state index contributed by atoms with van der Waals surface area (Å²) in [6.45, 7) is 2.11. The maximum absolute atomic E-state index is 12.9. The van der Waals surface area contributed by atoms with E-state index in [9.17, 15) is 4.79 Å². The lowest BCUT2D eigenvalue weighted by Gasteiger charge is -2.15. The lowest BCUT2D eigenvalue weighted by molar-refractivity contribution is 0.0909. The average molecular weight is 266 g/mol. The van der Waals surface area contributed by atoms with Crippen molar-refractivity contribution in [3.8, 4) is 0 Å². The molecule has 0 N–H and O–H groups in total. The largest absolute Gasteiger partial charge is 0.294 e. The van der Waals surface area contributed by atoms with E-state index in [0.29, 0.717) is 5.78 Å². The van der Waals surface area contributed by atoms with E-state index in [0.717, 1.165) is 23.8 Å². The van der Waals surface area contributed by atoms with Crippen LogP contribution in [0.4, 0.5) is 0 Å². The Balaban J connectivity index is 2.01. The molecule has 0 radical (unpaired) electrons. The summed E-state index contributed by atoms with van der Waals surface area (Å²) in [5.41, 5.74) is 2.18. The molecule has 0 heterocycles. The number of carbonyl (C=O) groups excluding carboxylic acids is 1. The van der Waals surface area contributed by atoms with Gasteiger partial charge in [0.2, 0.25) is 0 Å². The smallest absolute Gasteiger partial charge is 0.166 e. The van der Waals surface area contributed by atoms with E-state index in [4.69, 9.17) is 0 Å². The molecule has 2 aromatic rings. The molecule has 1 heteroatoms. The van der Waals surface area contributed by atoms with E-state index in [1.807, 2.05) is 12.1 Å². The van der Waals surface area contributed by atoms with E-state index < -0.39 is 0 Å². The number of benzene rings is 2. The van der Waals surface area contributed by atoms with Crippen LogP contribution in [0.2, 0.25) is 0 Å². The quantitative estimate of drug-likeness (QED) is 0.532. The standard InChI is InChI=1S/C19H22O/c1-14-12-13-18(17-11-7-6-10-16(14)17)19(20)15-8-4-2-3-5-9-15/h6-7,10-13,15H,2-5,8-9H2,1H3. The van der Waals surface area contributed by atoms with Crippen molar-refractivity contribution in [2.45, 2.75) is 45.4 Å². The maximum atomic E-state index is 12.9.